The summed E-state index contributed by atoms with van der Waals surface area (Å²) in [6.07, 6.45) is -13.3. The molecule has 2 atom stereocenters. The molecule has 1 saturated heterocycles. The van der Waals surface area contributed by atoms with Crippen LogP contribution in [0.2, 0.25) is 0 Å². The largest absolute Gasteiger partial charge is 0.435 e. The molecule has 6 nitrogen and oxygen atoms in total. The number of carbonyl (C=O) groups excluding carboxylic acids is 1. The van der Waals surface area contributed by atoms with Crippen LogP contribution < -0.4 is 0 Å². The zero-order valence-corrected chi connectivity index (χ0v) is 22.8. The van der Waals surface area contributed by atoms with Crippen molar-refractivity contribution in [1.82, 2.24) is 4.90 Å². The maximum absolute atomic E-state index is 14.9. The van der Waals surface area contributed by atoms with Crippen LogP contribution >= 0.6 is 0 Å². The van der Waals surface area contributed by atoms with Crippen molar-refractivity contribution in [1.29, 1.82) is 0 Å². The second kappa shape index (κ2) is 9.92. The third-order valence-corrected chi connectivity index (χ3v) is 11.2. The molecule has 2 aromatic rings. The molecule has 4 rings (SSSR count). The van der Waals surface area contributed by atoms with Crippen molar-refractivity contribution in [2.24, 2.45) is 0 Å². The average molecular weight is 634 g/mol. The van der Waals surface area contributed by atoms with Gasteiger partial charge in [0.1, 0.15) is 20.4 Å². The van der Waals surface area contributed by atoms with E-state index in [0.29, 0.717) is 12.1 Å². The maximum Gasteiger partial charge on any atom is 0.435 e. The number of nitrogens with zero attached hydrogens (tertiary/aromatic N) is 1. The first-order valence-corrected chi connectivity index (χ1v) is 15.6. The minimum absolute atomic E-state index is 0.216. The van der Waals surface area contributed by atoms with Gasteiger partial charge >= 0.3 is 18.0 Å². The van der Waals surface area contributed by atoms with E-state index in [1.807, 2.05) is 0 Å². The second-order valence-corrected chi connectivity index (χ2v) is 14.6. The molecule has 2 aromatic carbocycles. The Balaban J connectivity index is 1.91. The van der Waals surface area contributed by atoms with E-state index in [9.17, 15) is 56.8 Å². The predicted molar refractivity (Wildman–Crippen MR) is 129 cm³/mol. The van der Waals surface area contributed by atoms with Crippen LogP contribution in [0, 0.1) is 5.82 Å². The van der Waals surface area contributed by atoms with E-state index in [-0.39, 0.29) is 43.0 Å². The fourth-order valence-corrected chi connectivity index (χ4v) is 8.68. The van der Waals surface area contributed by atoms with Crippen LogP contribution in [0.3, 0.4) is 0 Å². The Morgan fingerprint density at radius 1 is 0.951 bits per heavy atom. The average Bonchev–Trinajstić information content (AvgIpc) is 3.26. The normalized spacial score (nSPS) is 21.9. The summed E-state index contributed by atoms with van der Waals surface area (Å²) in [5, 5.41) is 0. The van der Waals surface area contributed by atoms with Gasteiger partial charge in [-0.3, -0.25) is 4.79 Å². The minimum atomic E-state index is -6.38. The third-order valence-electron chi connectivity index (χ3n) is 7.68. The van der Waals surface area contributed by atoms with Crippen molar-refractivity contribution in [3.8, 4) is 0 Å². The lowest BCUT2D eigenvalue weighted by atomic mass is 9.76. The van der Waals surface area contributed by atoms with Crippen LogP contribution in [0.1, 0.15) is 36.0 Å². The topological polar surface area (TPSA) is 88.6 Å². The van der Waals surface area contributed by atoms with Crippen LogP contribution in [0.15, 0.2) is 47.4 Å². The van der Waals surface area contributed by atoms with Gasteiger partial charge in [0.05, 0.1) is 16.7 Å². The molecule has 0 spiro atoms. The van der Waals surface area contributed by atoms with Crippen LogP contribution in [0.4, 0.5) is 35.1 Å². The van der Waals surface area contributed by atoms with E-state index in [1.54, 1.807) is 0 Å². The Labute approximate surface area is 230 Å². The Morgan fingerprint density at radius 2 is 1.54 bits per heavy atom. The standard InChI is InChI=1S/C25H23F8NO5S2/c1-40(36,37)13-10-21(35)34-12-11-22(41(38,39)18-6-4-17(26)5-7-18)19-8-3-16(14-15(19)2-9-20(22)34)23(27,24(28,29)30)25(31,32)33/h3-8,14,20H,2,9-13H2,1H3/t20-,22-/m1/s1. The SMILES string of the molecule is CS(=O)(=O)CCC(=O)N1CC[C@@]2(S(=O)(=O)c3ccc(F)cc3)c3ccc(C(F)(C(F)(F)F)C(F)(F)F)cc3CC[C@@H]12. The number of benzene rings is 2. The molecular weight excluding hydrogens is 610 g/mol. The first kappa shape index (κ1) is 31.2. The molecule has 41 heavy (non-hydrogen) atoms. The first-order valence-electron chi connectivity index (χ1n) is 12.1. The quantitative estimate of drug-likeness (QED) is 0.338. The van der Waals surface area contributed by atoms with E-state index in [4.69, 9.17) is 0 Å². The monoisotopic (exact) mass is 633 g/mol. The Morgan fingerprint density at radius 3 is 2.07 bits per heavy atom. The fourth-order valence-electron chi connectivity index (χ4n) is 5.77. The molecule has 0 saturated carbocycles. The minimum Gasteiger partial charge on any atom is -0.338 e. The predicted octanol–water partition coefficient (Wildman–Crippen LogP) is 4.77. The molecule has 0 unspecified atom stereocenters. The van der Waals surface area contributed by atoms with Gasteiger partial charge in [0.15, 0.2) is 9.84 Å². The van der Waals surface area contributed by atoms with Crippen LogP contribution in [0.25, 0.3) is 0 Å². The number of sulfone groups is 2. The van der Waals surface area contributed by atoms with Gasteiger partial charge < -0.3 is 4.90 Å². The van der Waals surface area contributed by atoms with Crippen molar-refractivity contribution in [3.63, 3.8) is 0 Å². The van der Waals surface area contributed by atoms with Crippen LogP contribution in [0.5, 0.6) is 0 Å². The molecule has 0 N–H and O–H groups in total. The van der Waals surface area contributed by atoms with Crippen LogP contribution in [-0.2, 0) is 41.3 Å². The number of carbonyl (C=O) groups is 1. The van der Waals surface area contributed by atoms with Gasteiger partial charge in [-0.2, -0.15) is 26.3 Å². The summed E-state index contributed by atoms with van der Waals surface area (Å²) in [5.41, 5.74) is -8.02. The van der Waals surface area contributed by atoms with E-state index in [2.05, 4.69) is 0 Å². The summed E-state index contributed by atoms with van der Waals surface area (Å²) >= 11 is 0. The van der Waals surface area contributed by atoms with Crippen molar-refractivity contribution in [2.45, 2.75) is 59.4 Å². The van der Waals surface area contributed by atoms with Gasteiger partial charge in [-0.25, -0.2) is 25.6 Å². The summed E-state index contributed by atoms with van der Waals surface area (Å²) in [5.74, 6) is -2.04. The lowest BCUT2D eigenvalue weighted by Crippen LogP contribution is -2.53. The van der Waals surface area contributed by atoms with Gasteiger partial charge in [0.2, 0.25) is 5.91 Å². The lowest BCUT2D eigenvalue weighted by Gasteiger charge is -2.43. The molecule has 1 aliphatic carbocycles. The van der Waals surface area contributed by atoms with Gasteiger partial charge in [0, 0.05) is 24.8 Å². The van der Waals surface area contributed by atoms with Gasteiger partial charge in [-0.15, -0.1) is 0 Å². The number of halogens is 8. The molecule has 1 aliphatic heterocycles. The summed E-state index contributed by atoms with van der Waals surface area (Å²) in [7, 11) is -8.20. The molecule has 1 heterocycles. The fraction of sp³-hybridized carbons (Fsp3) is 0.480. The zero-order valence-electron chi connectivity index (χ0n) is 21.2. The van der Waals surface area contributed by atoms with Crippen molar-refractivity contribution in [2.75, 3.05) is 18.6 Å². The molecule has 16 heteroatoms. The molecule has 0 radical (unpaired) electrons. The van der Waals surface area contributed by atoms with Gasteiger partial charge in [0.25, 0.3) is 0 Å². The number of amides is 1. The summed E-state index contributed by atoms with van der Waals surface area (Å²) in [4.78, 5) is 13.8. The highest BCUT2D eigenvalue weighted by Crippen LogP contribution is 2.56. The van der Waals surface area contributed by atoms with E-state index in [1.165, 1.54) is 0 Å². The highest BCUT2D eigenvalue weighted by molar-refractivity contribution is 7.92. The third kappa shape index (κ3) is 5.00. The number of alkyl halides is 7. The molecule has 2 aliphatic rings. The highest BCUT2D eigenvalue weighted by atomic mass is 32.2. The molecule has 1 fully saturated rings. The zero-order chi connectivity index (χ0) is 30.8. The number of hydrogen-bond acceptors (Lipinski definition) is 5. The number of fused-ring (bicyclic) bond motifs is 3. The van der Waals surface area contributed by atoms with Crippen LogP contribution in [-0.4, -0.2) is 64.6 Å². The molecule has 0 bridgehead atoms. The molecule has 0 aromatic heterocycles. The van der Waals surface area contributed by atoms with Gasteiger partial charge in [-0.1, -0.05) is 18.2 Å². The molecular formula is C25H23F8NO5S2. The lowest BCUT2D eigenvalue weighted by molar-refractivity contribution is -0.348. The van der Waals surface area contributed by atoms with E-state index < -0.39 is 82.8 Å². The van der Waals surface area contributed by atoms with Crippen molar-refractivity contribution in [3.05, 3.63) is 65.0 Å². The maximum atomic E-state index is 14.9. The second-order valence-electron chi connectivity index (χ2n) is 10.1. The number of aryl methyl sites for hydroxylation is 1. The van der Waals surface area contributed by atoms with Crippen molar-refractivity contribution >= 4 is 25.6 Å². The smallest absolute Gasteiger partial charge is 0.338 e. The number of rotatable bonds is 6. The molecule has 226 valence electrons. The Bertz CT molecular complexity index is 1560. The summed E-state index contributed by atoms with van der Waals surface area (Å²) in [6.45, 7) is -0.229. The van der Waals surface area contributed by atoms with E-state index >= 15 is 0 Å². The Kier molecular flexibility index (Phi) is 7.55. The summed E-state index contributed by atoms with van der Waals surface area (Å²) in [6, 6.07) is 3.66. The number of hydrogen-bond donors (Lipinski definition) is 0. The van der Waals surface area contributed by atoms with Gasteiger partial charge in [-0.05, 0) is 54.7 Å². The van der Waals surface area contributed by atoms with Crippen molar-refractivity contribution < 1.29 is 56.8 Å². The Hall–Kier alpha value is -2.75. The highest BCUT2D eigenvalue weighted by Gasteiger charge is 2.73. The molecule has 1 amide bonds. The first-order chi connectivity index (χ1) is 18.7. The number of likely N-dealkylation sites (tertiary alicyclic amines) is 1. The van der Waals surface area contributed by atoms with E-state index in [0.717, 1.165) is 35.4 Å². The summed E-state index contributed by atoms with van der Waals surface area (Å²) < 4.78 is 159.